The number of nitrogens with one attached hydrogen (secondary N) is 1. The summed E-state index contributed by atoms with van der Waals surface area (Å²) in [5, 5.41) is 3.52. The number of anilines is 1. The number of benzene rings is 2. The highest BCUT2D eigenvalue weighted by molar-refractivity contribution is 6.31. The summed E-state index contributed by atoms with van der Waals surface area (Å²) < 4.78 is 0. The van der Waals surface area contributed by atoms with Crippen LogP contribution < -0.4 is 11.1 Å². The van der Waals surface area contributed by atoms with Crippen molar-refractivity contribution in [1.82, 2.24) is 5.32 Å². The molecule has 1 amide bonds. The largest absolute Gasteiger partial charge is 0.399 e. The van der Waals surface area contributed by atoms with Crippen molar-refractivity contribution in [3.05, 3.63) is 70.8 Å². The first-order valence-corrected chi connectivity index (χ1v) is 7.02. The third-order valence-corrected chi connectivity index (χ3v) is 3.41. The van der Waals surface area contributed by atoms with Crippen molar-refractivity contribution in [2.45, 2.75) is 13.0 Å². The van der Waals surface area contributed by atoms with Crippen LogP contribution in [0.2, 0.25) is 5.02 Å². The van der Waals surface area contributed by atoms with Gasteiger partial charge in [0.15, 0.2) is 0 Å². The van der Waals surface area contributed by atoms with Gasteiger partial charge in [0.2, 0.25) is 5.91 Å². The minimum Gasteiger partial charge on any atom is -0.399 e. The summed E-state index contributed by atoms with van der Waals surface area (Å²) in [6.45, 7) is 1.90. The van der Waals surface area contributed by atoms with Crippen LogP contribution in [0.15, 0.2) is 54.6 Å². The Balaban J connectivity index is 2.00. The lowest BCUT2D eigenvalue weighted by molar-refractivity contribution is -0.117. The fourth-order valence-corrected chi connectivity index (χ4v) is 2.30. The van der Waals surface area contributed by atoms with Gasteiger partial charge in [-0.05, 0) is 42.3 Å². The summed E-state index contributed by atoms with van der Waals surface area (Å²) in [6, 6.07) is 14.6. The van der Waals surface area contributed by atoms with E-state index in [-0.39, 0.29) is 11.9 Å². The molecule has 0 radical (unpaired) electrons. The maximum absolute atomic E-state index is 11.9. The molecule has 4 heteroatoms. The van der Waals surface area contributed by atoms with E-state index in [4.69, 9.17) is 17.3 Å². The lowest BCUT2D eigenvalue weighted by Crippen LogP contribution is -2.24. The Hall–Kier alpha value is -2.26. The van der Waals surface area contributed by atoms with Crippen molar-refractivity contribution >= 4 is 29.3 Å². The van der Waals surface area contributed by atoms with Gasteiger partial charge in [-0.2, -0.15) is 0 Å². The van der Waals surface area contributed by atoms with E-state index >= 15 is 0 Å². The number of carbonyl (C=O) groups is 1. The fraction of sp³-hybridized carbons (Fsp3) is 0.118. The van der Waals surface area contributed by atoms with E-state index < -0.39 is 0 Å². The first-order chi connectivity index (χ1) is 10.1. The number of rotatable bonds is 4. The number of nitrogens with two attached hydrogens (primary N) is 1. The van der Waals surface area contributed by atoms with Crippen LogP contribution in [0.1, 0.15) is 24.1 Å². The molecular formula is C17H17ClN2O. The molecule has 1 atom stereocenters. The molecule has 2 aromatic carbocycles. The van der Waals surface area contributed by atoms with Crippen LogP contribution in [0.5, 0.6) is 0 Å². The van der Waals surface area contributed by atoms with Gasteiger partial charge in [0, 0.05) is 16.8 Å². The first kappa shape index (κ1) is 15.1. The molecule has 0 saturated carbocycles. The summed E-state index contributed by atoms with van der Waals surface area (Å²) in [5.74, 6) is -0.176. The molecule has 0 fully saturated rings. The molecule has 0 spiro atoms. The van der Waals surface area contributed by atoms with E-state index in [1.165, 1.54) is 6.08 Å². The number of hydrogen-bond acceptors (Lipinski definition) is 2. The average Bonchev–Trinajstić information content (AvgIpc) is 2.45. The quantitative estimate of drug-likeness (QED) is 0.666. The Morgan fingerprint density at radius 1 is 1.24 bits per heavy atom. The summed E-state index contributed by atoms with van der Waals surface area (Å²) >= 11 is 6.11. The molecule has 0 aromatic heterocycles. The lowest BCUT2D eigenvalue weighted by atomic mass is 10.1. The highest BCUT2D eigenvalue weighted by atomic mass is 35.5. The SMILES string of the molecule is C[C@H](NC(=O)/C=C/c1cccc(N)c1)c1ccccc1Cl. The van der Waals surface area contributed by atoms with Gasteiger partial charge in [-0.25, -0.2) is 0 Å². The molecule has 3 nitrogen and oxygen atoms in total. The average molecular weight is 301 g/mol. The first-order valence-electron chi connectivity index (χ1n) is 6.65. The zero-order valence-corrected chi connectivity index (χ0v) is 12.5. The monoisotopic (exact) mass is 300 g/mol. The van der Waals surface area contributed by atoms with E-state index in [0.29, 0.717) is 10.7 Å². The van der Waals surface area contributed by atoms with Gasteiger partial charge in [-0.15, -0.1) is 0 Å². The molecule has 3 N–H and O–H groups in total. The highest BCUT2D eigenvalue weighted by Gasteiger charge is 2.10. The fourth-order valence-electron chi connectivity index (χ4n) is 2.00. The van der Waals surface area contributed by atoms with Gasteiger partial charge in [-0.3, -0.25) is 4.79 Å². The van der Waals surface area contributed by atoms with Crippen LogP contribution >= 0.6 is 11.6 Å². The maximum Gasteiger partial charge on any atom is 0.244 e. The standard InChI is InChI=1S/C17H17ClN2O/c1-12(15-7-2-3-8-16(15)18)20-17(21)10-9-13-5-4-6-14(19)11-13/h2-12H,19H2,1H3,(H,20,21)/b10-9+/t12-/m0/s1. The zero-order chi connectivity index (χ0) is 15.2. The summed E-state index contributed by atoms with van der Waals surface area (Å²) in [5.41, 5.74) is 8.14. The molecule has 2 aromatic rings. The molecule has 21 heavy (non-hydrogen) atoms. The molecular weight excluding hydrogens is 284 g/mol. The zero-order valence-electron chi connectivity index (χ0n) is 11.7. The smallest absolute Gasteiger partial charge is 0.244 e. The lowest BCUT2D eigenvalue weighted by Gasteiger charge is -2.14. The van der Waals surface area contributed by atoms with Crippen LogP contribution in [-0.4, -0.2) is 5.91 Å². The minimum atomic E-state index is -0.176. The maximum atomic E-state index is 11.9. The van der Waals surface area contributed by atoms with E-state index in [1.54, 1.807) is 18.2 Å². The summed E-state index contributed by atoms with van der Waals surface area (Å²) in [6.07, 6.45) is 3.22. The van der Waals surface area contributed by atoms with E-state index in [1.807, 2.05) is 43.3 Å². The predicted molar refractivity (Wildman–Crippen MR) is 87.9 cm³/mol. The van der Waals surface area contributed by atoms with Crippen LogP contribution in [-0.2, 0) is 4.79 Å². The minimum absolute atomic E-state index is 0.156. The van der Waals surface area contributed by atoms with Crippen molar-refractivity contribution in [3.8, 4) is 0 Å². The van der Waals surface area contributed by atoms with Gasteiger partial charge in [0.25, 0.3) is 0 Å². The number of nitrogen functional groups attached to an aromatic ring is 1. The normalized spacial score (nSPS) is 12.3. The van der Waals surface area contributed by atoms with Crippen LogP contribution in [0.25, 0.3) is 6.08 Å². The van der Waals surface area contributed by atoms with Crippen LogP contribution in [0, 0.1) is 0 Å². The Bertz CT molecular complexity index is 667. The Morgan fingerprint density at radius 3 is 2.71 bits per heavy atom. The summed E-state index contributed by atoms with van der Waals surface area (Å²) in [7, 11) is 0. The van der Waals surface area contributed by atoms with Crippen molar-refractivity contribution in [1.29, 1.82) is 0 Å². The Kier molecular flexibility index (Phi) is 5.01. The van der Waals surface area contributed by atoms with Gasteiger partial charge in [0.1, 0.15) is 0 Å². The van der Waals surface area contributed by atoms with E-state index in [0.717, 1.165) is 11.1 Å². The number of carbonyl (C=O) groups excluding carboxylic acids is 1. The summed E-state index contributed by atoms with van der Waals surface area (Å²) in [4.78, 5) is 11.9. The molecule has 0 heterocycles. The van der Waals surface area contributed by atoms with Crippen LogP contribution in [0.3, 0.4) is 0 Å². The Morgan fingerprint density at radius 2 is 2.00 bits per heavy atom. The van der Waals surface area contributed by atoms with E-state index in [9.17, 15) is 4.79 Å². The second-order valence-electron chi connectivity index (χ2n) is 4.76. The highest BCUT2D eigenvalue weighted by Crippen LogP contribution is 2.22. The van der Waals surface area contributed by atoms with Gasteiger partial charge in [0.05, 0.1) is 6.04 Å². The molecule has 108 valence electrons. The third kappa shape index (κ3) is 4.36. The molecule has 0 aliphatic carbocycles. The van der Waals surface area contributed by atoms with Crippen molar-refractivity contribution < 1.29 is 4.79 Å². The molecule has 0 bridgehead atoms. The van der Waals surface area contributed by atoms with Crippen molar-refractivity contribution in [3.63, 3.8) is 0 Å². The molecule has 0 saturated heterocycles. The second-order valence-corrected chi connectivity index (χ2v) is 5.16. The predicted octanol–water partition coefficient (Wildman–Crippen LogP) is 3.81. The van der Waals surface area contributed by atoms with E-state index in [2.05, 4.69) is 5.32 Å². The third-order valence-electron chi connectivity index (χ3n) is 3.07. The topological polar surface area (TPSA) is 55.1 Å². The molecule has 0 aliphatic heterocycles. The van der Waals surface area contributed by atoms with Crippen molar-refractivity contribution in [2.75, 3.05) is 5.73 Å². The molecule has 0 unspecified atom stereocenters. The van der Waals surface area contributed by atoms with Crippen LogP contribution in [0.4, 0.5) is 5.69 Å². The number of amides is 1. The van der Waals surface area contributed by atoms with Gasteiger partial charge in [-0.1, -0.05) is 41.9 Å². The number of hydrogen-bond donors (Lipinski definition) is 2. The molecule has 0 aliphatic rings. The van der Waals surface area contributed by atoms with Gasteiger partial charge >= 0.3 is 0 Å². The van der Waals surface area contributed by atoms with Crippen molar-refractivity contribution in [2.24, 2.45) is 0 Å². The second kappa shape index (κ2) is 6.95. The van der Waals surface area contributed by atoms with Gasteiger partial charge < -0.3 is 11.1 Å². The Labute approximate surface area is 129 Å². The molecule has 2 rings (SSSR count). The number of halogens is 1.